The van der Waals surface area contributed by atoms with Gasteiger partial charge in [0, 0.05) is 18.8 Å². The van der Waals surface area contributed by atoms with Gasteiger partial charge in [-0.25, -0.2) is 0 Å². The molecule has 1 aliphatic rings. The zero-order chi connectivity index (χ0) is 17.7. The Balaban J connectivity index is 2.14. The number of amides is 2. The van der Waals surface area contributed by atoms with Gasteiger partial charge in [0.1, 0.15) is 5.41 Å². The number of carbonyl (C=O) groups excluding carboxylic acids is 2. The molecule has 1 aromatic carbocycles. The molecular formula is C20H30N2O2. The molecule has 132 valence electrons. The van der Waals surface area contributed by atoms with Crippen LogP contribution in [0.2, 0.25) is 0 Å². The molecule has 0 aliphatic carbocycles. The van der Waals surface area contributed by atoms with Crippen molar-refractivity contribution in [3.05, 3.63) is 29.8 Å². The van der Waals surface area contributed by atoms with E-state index in [-0.39, 0.29) is 11.8 Å². The fourth-order valence-electron chi connectivity index (χ4n) is 3.16. The van der Waals surface area contributed by atoms with E-state index in [4.69, 9.17) is 0 Å². The number of nitrogens with one attached hydrogen (secondary N) is 1. The van der Waals surface area contributed by atoms with Gasteiger partial charge in [-0.2, -0.15) is 0 Å². The van der Waals surface area contributed by atoms with E-state index in [0.717, 1.165) is 50.0 Å². The molecule has 1 saturated heterocycles. The summed E-state index contributed by atoms with van der Waals surface area (Å²) >= 11 is 0. The summed E-state index contributed by atoms with van der Waals surface area (Å²) in [6.45, 7) is 9.17. The van der Waals surface area contributed by atoms with Crippen LogP contribution in [0.4, 0.5) is 5.69 Å². The number of carbonyl (C=O) groups is 2. The molecule has 1 fully saturated rings. The lowest BCUT2D eigenvalue weighted by atomic mass is 9.89. The topological polar surface area (TPSA) is 49.4 Å². The standard InChI is InChI=1S/C20H30N2O2/c1-15(2)16-11-7-8-12-17(16)21-18(23)20(3,4)19(24)22-13-9-5-6-10-14-22/h7-8,11-12,15H,5-6,9-10,13-14H2,1-4H3,(H,21,23). The molecule has 0 unspecified atom stereocenters. The quantitative estimate of drug-likeness (QED) is 0.842. The van der Waals surface area contributed by atoms with Crippen molar-refractivity contribution in [3.8, 4) is 0 Å². The number of hydrogen-bond donors (Lipinski definition) is 1. The van der Waals surface area contributed by atoms with Gasteiger partial charge in [0.05, 0.1) is 0 Å². The zero-order valence-corrected chi connectivity index (χ0v) is 15.4. The average molecular weight is 330 g/mol. The van der Waals surface area contributed by atoms with Gasteiger partial charge in [-0.3, -0.25) is 9.59 Å². The van der Waals surface area contributed by atoms with Crippen LogP contribution in [0.1, 0.15) is 64.9 Å². The summed E-state index contributed by atoms with van der Waals surface area (Å²) in [5, 5.41) is 2.98. The Morgan fingerprint density at radius 3 is 2.21 bits per heavy atom. The average Bonchev–Trinajstić information content (AvgIpc) is 2.83. The molecule has 0 spiro atoms. The predicted octanol–water partition coefficient (Wildman–Crippen LogP) is 4.18. The number of hydrogen-bond acceptors (Lipinski definition) is 2. The minimum atomic E-state index is -1.06. The molecule has 0 atom stereocenters. The first-order valence-corrected chi connectivity index (χ1v) is 9.04. The first kappa shape index (κ1) is 18.5. The van der Waals surface area contributed by atoms with Gasteiger partial charge in [-0.1, -0.05) is 44.9 Å². The van der Waals surface area contributed by atoms with E-state index >= 15 is 0 Å². The van der Waals surface area contributed by atoms with Gasteiger partial charge in [0.25, 0.3) is 0 Å². The molecule has 0 bridgehead atoms. The second-order valence-electron chi connectivity index (χ2n) is 7.53. The first-order valence-electron chi connectivity index (χ1n) is 9.04. The number of anilines is 1. The number of nitrogens with zero attached hydrogens (tertiary/aromatic N) is 1. The molecule has 4 nitrogen and oxygen atoms in total. The molecule has 0 aromatic heterocycles. The smallest absolute Gasteiger partial charge is 0.239 e. The van der Waals surface area contributed by atoms with Gasteiger partial charge in [-0.15, -0.1) is 0 Å². The van der Waals surface area contributed by atoms with Crippen molar-refractivity contribution in [2.75, 3.05) is 18.4 Å². The second-order valence-corrected chi connectivity index (χ2v) is 7.53. The Morgan fingerprint density at radius 2 is 1.62 bits per heavy atom. The van der Waals surface area contributed by atoms with E-state index in [9.17, 15) is 9.59 Å². The predicted molar refractivity (Wildman–Crippen MR) is 98.0 cm³/mol. The van der Waals surface area contributed by atoms with E-state index in [1.54, 1.807) is 13.8 Å². The van der Waals surface area contributed by atoms with Gasteiger partial charge in [0.2, 0.25) is 11.8 Å². The SMILES string of the molecule is CC(C)c1ccccc1NC(=O)C(C)(C)C(=O)N1CCCCCC1. The maximum Gasteiger partial charge on any atom is 0.239 e. The van der Waals surface area contributed by atoms with Gasteiger partial charge < -0.3 is 10.2 Å². The molecular weight excluding hydrogens is 300 g/mol. The zero-order valence-electron chi connectivity index (χ0n) is 15.4. The molecule has 1 heterocycles. The van der Waals surface area contributed by atoms with Gasteiger partial charge in [-0.05, 0) is 44.2 Å². The Hall–Kier alpha value is -1.84. The highest BCUT2D eigenvalue weighted by Crippen LogP contribution is 2.28. The van der Waals surface area contributed by atoms with Gasteiger partial charge in [0.15, 0.2) is 0 Å². The van der Waals surface area contributed by atoms with Crippen LogP contribution in [0.3, 0.4) is 0 Å². The molecule has 0 radical (unpaired) electrons. The summed E-state index contributed by atoms with van der Waals surface area (Å²) in [5.74, 6) is 0.0136. The van der Waals surface area contributed by atoms with Crippen LogP contribution >= 0.6 is 0 Å². The van der Waals surface area contributed by atoms with Crippen LogP contribution in [0, 0.1) is 5.41 Å². The van der Waals surface area contributed by atoms with Crippen LogP contribution in [-0.4, -0.2) is 29.8 Å². The summed E-state index contributed by atoms with van der Waals surface area (Å²) in [6, 6.07) is 7.80. The van der Waals surface area contributed by atoms with Crippen molar-refractivity contribution in [3.63, 3.8) is 0 Å². The minimum Gasteiger partial charge on any atom is -0.342 e. The number of rotatable bonds is 4. The highest BCUT2D eigenvalue weighted by Gasteiger charge is 2.39. The van der Waals surface area contributed by atoms with Crippen LogP contribution in [0.25, 0.3) is 0 Å². The molecule has 24 heavy (non-hydrogen) atoms. The third-order valence-corrected chi connectivity index (χ3v) is 4.83. The third-order valence-electron chi connectivity index (χ3n) is 4.83. The molecule has 1 aromatic rings. The van der Waals surface area contributed by atoms with E-state index in [0.29, 0.717) is 5.92 Å². The fourth-order valence-corrected chi connectivity index (χ4v) is 3.16. The number of para-hydroxylation sites is 1. The highest BCUT2D eigenvalue weighted by atomic mass is 16.2. The second kappa shape index (κ2) is 7.82. The lowest BCUT2D eigenvalue weighted by molar-refractivity contribution is -0.146. The van der Waals surface area contributed by atoms with Crippen LogP contribution in [0.15, 0.2) is 24.3 Å². The van der Waals surface area contributed by atoms with Crippen LogP contribution in [0.5, 0.6) is 0 Å². The van der Waals surface area contributed by atoms with Crippen LogP contribution < -0.4 is 5.32 Å². The third kappa shape index (κ3) is 4.16. The Morgan fingerprint density at radius 1 is 1.04 bits per heavy atom. The minimum absolute atomic E-state index is 0.0658. The molecule has 2 rings (SSSR count). The number of benzene rings is 1. The fraction of sp³-hybridized carbons (Fsp3) is 0.600. The Bertz CT molecular complexity index is 585. The summed E-state index contributed by atoms with van der Waals surface area (Å²) in [4.78, 5) is 27.6. The van der Waals surface area contributed by atoms with Gasteiger partial charge >= 0.3 is 0 Å². The van der Waals surface area contributed by atoms with E-state index < -0.39 is 5.41 Å². The summed E-state index contributed by atoms with van der Waals surface area (Å²) in [7, 11) is 0. The van der Waals surface area contributed by atoms with E-state index in [1.807, 2.05) is 29.2 Å². The van der Waals surface area contributed by atoms with Crippen molar-refractivity contribution in [2.45, 2.75) is 59.3 Å². The highest BCUT2D eigenvalue weighted by molar-refractivity contribution is 6.10. The lowest BCUT2D eigenvalue weighted by Gasteiger charge is -2.30. The van der Waals surface area contributed by atoms with E-state index in [2.05, 4.69) is 19.2 Å². The summed E-state index contributed by atoms with van der Waals surface area (Å²) in [5.41, 5.74) is 0.826. The molecule has 4 heteroatoms. The van der Waals surface area contributed by atoms with Crippen molar-refractivity contribution in [1.29, 1.82) is 0 Å². The molecule has 1 N–H and O–H groups in total. The normalized spacial score (nSPS) is 16.0. The summed E-state index contributed by atoms with van der Waals surface area (Å²) < 4.78 is 0. The maximum absolute atomic E-state index is 12.9. The van der Waals surface area contributed by atoms with Crippen molar-refractivity contribution in [2.24, 2.45) is 5.41 Å². The van der Waals surface area contributed by atoms with E-state index in [1.165, 1.54) is 0 Å². The molecule has 0 saturated carbocycles. The Labute approximate surface area is 145 Å². The Kier molecular flexibility index (Phi) is 6.03. The van der Waals surface area contributed by atoms with Crippen LogP contribution in [-0.2, 0) is 9.59 Å². The first-order chi connectivity index (χ1) is 11.3. The van der Waals surface area contributed by atoms with Crippen molar-refractivity contribution < 1.29 is 9.59 Å². The lowest BCUT2D eigenvalue weighted by Crippen LogP contribution is -2.47. The molecule has 1 aliphatic heterocycles. The summed E-state index contributed by atoms with van der Waals surface area (Å²) in [6.07, 6.45) is 4.38. The van der Waals surface area contributed by atoms with Crippen molar-refractivity contribution in [1.82, 2.24) is 4.90 Å². The monoisotopic (exact) mass is 330 g/mol. The maximum atomic E-state index is 12.9. The largest absolute Gasteiger partial charge is 0.342 e. The number of likely N-dealkylation sites (tertiary alicyclic amines) is 1. The molecule has 2 amide bonds. The van der Waals surface area contributed by atoms with Crippen molar-refractivity contribution >= 4 is 17.5 Å².